The van der Waals surface area contributed by atoms with Gasteiger partial charge in [-0.3, -0.25) is 9.59 Å². The highest BCUT2D eigenvalue weighted by Crippen LogP contribution is 2.32. The van der Waals surface area contributed by atoms with Gasteiger partial charge in [0.05, 0.1) is 17.6 Å². The molecule has 0 radical (unpaired) electrons. The molecule has 1 aliphatic heterocycles. The van der Waals surface area contributed by atoms with Crippen LogP contribution in [-0.4, -0.2) is 44.4 Å². The van der Waals surface area contributed by atoms with Crippen LogP contribution in [0.5, 0.6) is 0 Å². The van der Waals surface area contributed by atoms with Crippen LogP contribution in [0.4, 0.5) is 0 Å². The van der Waals surface area contributed by atoms with E-state index < -0.39 is 5.54 Å². The smallest absolute Gasteiger partial charge is 0.290 e. The van der Waals surface area contributed by atoms with Gasteiger partial charge in [0.15, 0.2) is 5.82 Å². The molecule has 1 fully saturated rings. The second kappa shape index (κ2) is 9.24. The van der Waals surface area contributed by atoms with E-state index in [0.717, 1.165) is 49.6 Å². The molecule has 1 atom stereocenters. The van der Waals surface area contributed by atoms with Crippen LogP contribution in [0, 0.1) is 5.92 Å². The van der Waals surface area contributed by atoms with Crippen molar-refractivity contribution in [3.63, 3.8) is 0 Å². The first kappa shape index (κ1) is 22.6. The lowest BCUT2D eigenvalue weighted by atomic mass is 9.86. The zero-order valence-corrected chi connectivity index (χ0v) is 20.2. The van der Waals surface area contributed by atoms with Crippen molar-refractivity contribution in [3.05, 3.63) is 66.0 Å². The number of aromatic nitrogens is 2. The fourth-order valence-electron chi connectivity index (χ4n) is 5.51. The van der Waals surface area contributed by atoms with E-state index in [1.807, 2.05) is 54.0 Å². The van der Waals surface area contributed by atoms with E-state index in [1.54, 1.807) is 4.90 Å². The highest BCUT2D eigenvalue weighted by atomic mass is 16.2. The van der Waals surface area contributed by atoms with Crippen LogP contribution in [0.1, 0.15) is 62.1 Å². The molecule has 2 aliphatic rings. The molecular formula is C28H34N4O2. The van der Waals surface area contributed by atoms with Gasteiger partial charge in [0.2, 0.25) is 5.91 Å². The number of carbonyl (C=O) groups excluding carboxylic acids is 2. The van der Waals surface area contributed by atoms with Crippen molar-refractivity contribution < 1.29 is 9.59 Å². The molecule has 2 heterocycles. The lowest BCUT2D eigenvalue weighted by molar-refractivity contribution is -0.133. The molecule has 0 spiro atoms. The van der Waals surface area contributed by atoms with Gasteiger partial charge in [-0.05, 0) is 69.1 Å². The summed E-state index contributed by atoms with van der Waals surface area (Å²) >= 11 is 0. The summed E-state index contributed by atoms with van der Waals surface area (Å²) in [4.78, 5) is 33.9. The first-order chi connectivity index (χ1) is 16.5. The minimum Gasteiger partial charge on any atom is -0.351 e. The third-order valence-corrected chi connectivity index (χ3v) is 7.68. The summed E-state index contributed by atoms with van der Waals surface area (Å²) in [6.07, 6.45) is 5.93. The molecule has 1 aliphatic carbocycles. The first-order valence-electron chi connectivity index (χ1n) is 12.6. The molecule has 1 N–H and O–H groups in total. The van der Waals surface area contributed by atoms with Crippen molar-refractivity contribution >= 4 is 22.8 Å². The molecule has 2 amide bonds. The summed E-state index contributed by atoms with van der Waals surface area (Å²) in [5.41, 5.74) is 1.97. The van der Waals surface area contributed by atoms with Crippen molar-refractivity contribution in [3.8, 4) is 0 Å². The van der Waals surface area contributed by atoms with Gasteiger partial charge >= 0.3 is 0 Å². The molecule has 6 heteroatoms. The van der Waals surface area contributed by atoms with E-state index in [1.165, 1.54) is 5.56 Å². The molecule has 6 nitrogen and oxygen atoms in total. The third-order valence-electron chi connectivity index (χ3n) is 7.68. The number of carbonyl (C=O) groups is 2. The molecular weight excluding hydrogens is 424 g/mol. The standard InChI is InChI=1S/C28H34N4O2/c1-20-14-16-22(17-15-20)29-27(34)28(2)19-31-24-13-7-6-12-23(24)30-25(31)26(33)32(28)18-8-11-21-9-4-3-5-10-21/h3-7,9-10,12-13,20,22H,8,11,14-19H2,1-2H3,(H,29,34)/t20?,22?,28-/m1/s1. The summed E-state index contributed by atoms with van der Waals surface area (Å²) in [5.74, 6) is 0.931. The minimum absolute atomic E-state index is 0.0523. The largest absolute Gasteiger partial charge is 0.351 e. The summed E-state index contributed by atoms with van der Waals surface area (Å²) in [6, 6.07) is 18.3. The van der Waals surface area contributed by atoms with Gasteiger partial charge in [0, 0.05) is 12.6 Å². The molecule has 0 unspecified atom stereocenters. The number of nitrogens with zero attached hydrogens (tertiary/aromatic N) is 3. The quantitative estimate of drug-likeness (QED) is 0.588. The van der Waals surface area contributed by atoms with Crippen LogP contribution in [-0.2, 0) is 17.8 Å². The number of imidazole rings is 1. The number of amides is 2. The van der Waals surface area contributed by atoms with E-state index in [9.17, 15) is 9.59 Å². The van der Waals surface area contributed by atoms with E-state index in [-0.39, 0.29) is 17.9 Å². The molecule has 2 aromatic carbocycles. The highest BCUT2D eigenvalue weighted by molar-refractivity contribution is 6.01. The van der Waals surface area contributed by atoms with Gasteiger partial charge in [0.25, 0.3) is 5.91 Å². The number of hydrogen-bond acceptors (Lipinski definition) is 3. The van der Waals surface area contributed by atoms with Crippen LogP contribution in [0.25, 0.3) is 11.0 Å². The van der Waals surface area contributed by atoms with Gasteiger partial charge in [-0.25, -0.2) is 4.98 Å². The molecule has 0 bridgehead atoms. The number of hydrogen-bond donors (Lipinski definition) is 1. The lowest BCUT2D eigenvalue weighted by Crippen LogP contribution is -2.65. The van der Waals surface area contributed by atoms with Gasteiger partial charge in [-0.2, -0.15) is 0 Å². The van der Waals surface area contributed by atoms with Gasteiger partial charge in [0.1, 0.15) is 5.54 Å². The predicted octanol–water partition coefficient (Wildman–Crippen LogP) is 4.58. The zero-order chi connectivity index (χ0) is 23.7. The number of aryl methyl sites for hydroxylation is 1. The van der Waals surface area contributed by atoms with E-state index >= 15 is 0 Å². The number of benzene rings is 2. The Labute approximate surface area is 201 Å². The average molecular weight is 459 g/mol. The highest BCUT2D eigenvalue weighted by Gasteiger charge is 2.48. The van der Waals surface area contributed by atoms with Crippen molar-refractivity contribution in [2.45, 2.75) is 70.5 Å². The summed E-state index contributed by atoms with van der Waals surface area (Å²) < 4.78 is 1.94. The van der Waals surface area contributed by atoms with Crippen molar-refractivity contribution in [2.24, 2.45) is 5.92 Å². The predicted molar refractivity (Wildman–Crippen MR) is 134 cm³/mol. The van der Waals surface area contributed by atoms with Gasteiger partial charge in [-0.1, -0.05) is 49.4 Å². The van der Waals surface area contributed by atoms with E-state index in [4.69, 9.17) is 0 Å². The second-order valence-electron chi connectivity index (χ2n) is 10.3. The second-order valence-corrected chi connectivity index (χ2v) is 10.3. The number of para-hydroxylation sites is 2. The number of nitrogens with one attached hydrogen (secondary N) is 1. The Morgan fingerprint density at radius 3 is 2.53 bits per heavy atom. The van der Waals surface area contributed by atoms with Crippen LogP contribution in [0.3, 0.4) is 0 Å². The van der Waals surface area contributed by atoms with E-state index in [2.05, 4.69) is 29.4 Å². The zero-order valence-electron chi connectivity index (χ0n) is 20.2. The number of fused-ring (bicyclic) bond motifs is 3. The molecule has 178 valence electrons. The van der Waals surface area contributed by atoms with Crippen LogP contribution in [0.15, 0.2) is 54.6 Å². The first-order valence-corrected chi connectivity index (χ1v) is 12.6. The maximum atomic E-state index is 13.8. The third kappa shape index (κ3) is 4.22. The molecule has 0 saturated heterocycles. The van der Waals surface area contributed by atoms with Gasteiger partial charge < -0.3 is 14.8 Å². The lowest BCUT2D eigenvalue weighted by Gasteiger charge is -2.44. The van der Waals surface area contributed by atoms with Crippen molar-refractivity contribution in [1.29, 1.82) is 0 Å². The average Bonchev–Trinajstić information content (AvgIpc) is 3.22. The molecule has 1 aromatic heterocycles. The molecule has 3 aromatic rings. The number of rotatable bonds is 6. The maximum Gasteiger partial charge on any atom is 0.290 e. The Balaban J connectivity index is 1.42. The Bertz CT molecular complexity index is 1180. The summed E-state index contributed by atoms with van der Waals surface area (Å²) in [7, 11) is 0. The Hall–Kier alpha value is -3.15. The molecule has 5 rings (SSSR count). The van der Waals surface area contributed by atoms with E-state index in [0.29, 0.717) is 24.8 Å². The monoisotopic (exact) mass is 458 g/mol. The van der Waals surface area contributed by atoms with Crippen molar-refractivity contribution in [2.75, 3.05) is 6.54 Å². The van der Waals surface area contributed by atoms with Crippen LogP contribution >= 0.6 is 0 Å². The van der Waals surface area contributed by atoms with Crippen LogP contribution < -0.4 is 5.32 Å². The Morgan fingerprint density at radius 1 is 1.06 bits per heavy atom. The van der Waals surface area contributed by atoms with Gasteiger partial charge in [-0.15, -0.1) is 0 Å². The fraction of sp³-hybridized carbons (Fsp3) is 0.464. The maximum absolute atomic E-state index is 13.8. The topological polar surface area (TPSA) is 67.2 Å². The Morgan fingerprint density at radius 2 is 1.76 bits per heavy atom. The summed E-state index contributed by atoms with van der Waals surface area (Å²) in [5, 5.41) is 3.31. The van der Waals surface area contributed by atoms with Crippen molar-refractivity contribution in [1.82, 2.24) is 19.8 Å². The minimum atomic E-state index is -0.965. The SMILES string of the molecule is CC1CCC(NC(=O)[C@@]2(C)Cn3c(nc4ccccc43)C(=O)N2CCCc2ccccc2)CC1. The fourth-order valence-corrected chi connectivity index (χ4v) is 5.51. The normalized spacial score (nSPS) is 24.8. The summed E-state index contributed by atoms with van der Waals surface area (Å²) in [6.45, 7) is 5.13. The Kier molecular flexibility index (Phi) is 6.15. The molecule has 34 heavy (non-hydrogen) atoms. The van der Waals surface area contributed by atoms with Crippen LogP contribution in [0.2, 0.25) is 0 Å². The molecule has 1 saturated carbocycles.